The van der Waals surface area contributed by atoms with Gasteiger partial charge in [0, 0.05) is 16.4 Å². The highest BCUT2D eigenvalue weighted by Gasteiger charge is 2.28. The smallest absolute Gasteiger partial charge is 0.232 e. The fraction of sp³-hybridized carbons (Fsp3) is 0.238. The molecule has 1 amide bonds. The number of rotatable bonds is 6. The summed E-state index contributed by atoms with van der Waals surface area (Å²) in [5.41, 5.74) is 2.46. The Morgan fingerprint density at radius 2 is 1.81 bits per heavy atom. The van der Waals surface area contributed by atoms with Crippen molar-refractivity contribution in [2.75, 3.05) is 12.4 Å². The van der Waals surface area contributed by atoms with E-state index in [2.05, 4.69) is 10.3 Å². The Morgan fingerprint density at radius 1 is 1.12 bits per heavy atom. The molecule has 0 saturated heterocycles. The van der Waals surface area contributed by atoms with Crippen LogP contribution in [-0.2, 0) is 11.2 Å². The molecule has 1 N–H and O–H groups in total. The summed E-state index contributed by atoms with van der Waals surface area (Å²) >= 11 is 1.43. The van der Waals surface area contributed by atoms with Crippen molar-refractivity contribution >= 4 is 22.4 Å². The van der Waals surface area contributed by atoms with Gasteiger partial charge < -0.3 is 10.1 Å². The van der Waals surface area contributed by atoms with Crippen LogP contribution in [-0.4, -0.2) is 18.0 Å². The van der Waals surface area contributed by atoms with Crippen LogP contribution in [0.5, 0.6) is 5.75 Å². The number of carbonyl (C=O) groups is 1. The molecule has 0 saturated carbocycles. The predicted octanol–water partition coefficient (Wildman–Crippen LogP) is 5.03. The van der Waals surface area contributed by atoms with Gasteiger partial charge in [0.25, 0.3) is 0 Å². The number of anilines is 1. The van der Waals surface area contributed by atoms with Crippen molar-refractivity contribution in [3.05, 3.63) is 65.5 Å². The monoisotopic (exact) mass is 366 g/mol. The summed E-state index contributed by atoms with van der Waals surface area (Å²) in [4.78, 5) is 17.2. The van der Waals surface area contributed by atoms with Crippen LogP contribution in [0.3, 0.4) is 0 Å². The third-order valence-corrected chi connectivity index (χ3v) is 4.97. The zero-order chi connectivity index (χ0) is 18.6. The molecule has 26 heavy (non-hydrogen) atoms. The lowest BCUT2D eigenvalue weighted by Gasteiger charge is -2.22. The number of hydrogen-bond acceptors (Lipinski definition) is 4. The maximum atomic E-state index is 12.7. The number of amides is 1. The molecule has 0 unspecified atom stereocenters. The molecule has 3 rings (SSSR count). The summed E-state index contributed by atoms with van der Waals surface area (Å²) < 4.78 is 5.17. The van der Waals surface area contributed by atoms with Crippen molar-refractivity contribution in [2.24, 2.45) is 5.41 Å². The van der Waals surface area contributed by atoms with E-state index >= 15 is 0 Å². The van der Waals surface area contributed by atoms with E-state index < -0.39 is 5.41 Å². The van der Waals surface area contributed by atoms with Crippen molar-refractivity contribution in [2.45, 2.75) is 20.3 Å². The van der Waals surface area contributed by atoms with E-state index in [0.717, 1.165) is 22.6 Å². The topological polar surface area (TPSA) is 51.2 Å². The second-order valence-corrected chi connectivity index (χ2v) is 7.62. The molecule has 134 valence electrons. The number of methoxy groups -OCH3 is 1. The lowest BCUT2D eigenvalue weighted by Crippen LogP contribution is -2.32. The summed E-state index contributed by atoms with van der Waals surface area (Å²) in [6, 6.07) is 17.8. The van der Waals surface area contributed by atoms with Gasteiger partial charge in [0.15, 0.2) is 5.13 Å². The van der Waals surface area contributed by atoms with Gasteiger partial charge in [-0.3, -0.25) is 4.79 Å². The van der Waals surface area contributed by atoms with E-state index in [1.807, 2.05) is 73.8 Å². The van der Waals surface area contributed by atoms with Crippen LogP contribution in [0.4, 0.5) is 5.13 Å². The largest absolute Gasteiger partial charge is 0.497 e. The molecular weight excluding hydrogens is 344 g/mol. The second kappa shape index (κ2) is 7.70. The molecule has 0 radical (unpaired) electrons. The maximum absolute atomic E-state index is 12.7. The van der Waals surface area contributed by atoms with Crippen LogP contribution in [0.2, 0.25) is 0 Å². The molecule has 0 bridgehead atoms. The van der Waals surface area contributed by atoms with E-state index in [0.29, 0.717) is 11.6 Å². The average Bonchev–Trinajstić information content (AvgIpc) is 3.11. The molecule has 0 aliphatic rings. The van der Waals surface area contributed by atoms with Crippen LogP contribution in [0.1, 0.15) is 19.4 Å². The maximum Gasteiger partial charge on any atom is 0.232 e. The number of benzene rings is 2. The highest BCUT2D eigenvalue weighted by Crippen LogP contribution is 2.29. The first kappa shape index (κ1) is 18.1. The number of hydrogen-bond donors (Lipinski definition) is 1. The van der Waals surface area contributed by atoms with Crippen molar-refractivity contribution in [3.63, 3.8) is 0 Å². The van der Waals surface area contributed by atoms with Gasteiger partial charge >= 0.3 is 0 Å². The number of thiazole rings is 1. The SMILES string of the molecule is COc1ccc(-c2csc(NC(=O)C(C)(C)Cc3ccccc3)n2)cc1. The Morgan fingerprint density at radius 3 is 2.46 bits per heavy atom. The Balaban J connectivity index is 1.68. The molecule has 2 aromatic carbocycles. The fourth-order valence-electron chi connectivity index (χ4n) is 2.68. The molecule has 0 fully saturated rings. The summed E-state index contributed by atoms with van der Waals surface area (Å²) in [5, 5.41) is 5.52. The molecule has 3 aromatic rings. The van der Waals surface area contributed by atoms with E-state index in [1.165, 1.54) is 11.3 Å². The van der Waals surface area contributed by atoms with Gasteiger partial charge in [-0.05, 0) is 36.2 Å². The molecule has 0 aliphatic heterocycles. The molecular formula is C21H22N2O2S. The van der Waals surface area contributed by atoms with Gasteiger partial charge in [-0.15, -0.1) is 11.3 Å². The van der Waals surface area contributed by atoms with Crippen LogP contribution in [0.25, 0.3) is 11.3 Å². The van der Waals surface area contributed by atoms with E-state index in [-0.39, 0.29) is 5.91 Å². The van der Waals surface area contributed by atoms with Crippen LogP contribution < -0.4 is 10.1 Å². The zero-order valence-corrected chi connectivity index (χ0v) is 16.0. The highest BCUT2D eigenvalue weighted by atomic mass is 32.1. The standard InChI is InChI=1S/C21H22N2O2S/c1-21(2,13-15-7-5-4-6-8-15)19(24)23-20-22-18(14-26-20)16-9-11-17(25-3)12-10-16/h4-12,14H,13H2,1-3H3,(H,22,23,24). The van der Waals surface area contributed by atoms with E-state index in [9.17, 15) is 4.79 Å². The number of ether oxygens (including phenoxy) is 1. The third-order valence-electron chi connectivity index (χ3n) is 4.21. The number of nitrogens with zero attached hydrogens (tertiary/aromatic N) is 1. The number of carbonyl (C=O) groups excluding carboxylic acids is 1. The van der Waals surface area contributed by atoms with Gasteiger partial charge in [0.1, 0.15) is 5.75 Å². The van der Waals surface area contributed by atoms with Crippen LogP contribution in [0.15, 0.2) is 60.0 Å². The van der Waals surface area contributed by atoms with Crippen LogP contribution >= 0.6 is 11.3 Å². The van der Waals surface area contributed by atoms with Gasteiger partial charge in [-0.2, -0.15) is 0 Å². The predicted molar refractivity (Wildman–Crippen MR) is 107 cm³/mol. The first-order valence-corrected chi connectivity index (χ1v) is 9.31. The zero-order valence-electron chi connectivity index (χ0n) is 15.2. The molecule has 1 heterocycles. The first-order valence-electron chi connectivity index (χ1n) is 8.43. The first-order chi connectivity index (χ1) is 12.5. The molecule has 0 aliphatic carbocycles. The highest BCUT2D eigenvalue weighted by molar-refractivity contribution is 7.14. The quantitative estimate of drug-likeness (QED) is 0.666. The second-order valence-electron chi connectivity index (χ2n) is 6.77. The lowest BCUT2D eigenvalue weighted by atomic mass is 9.85. The molecule has 5 heteroatoms. The van der Waals surface area contributed by atoms with Crippen LogP contribution in [0, 0.1) is 5.41 Å². The lowest BCUT2D eigenvalue weighted by molar-refractivity contribution is -0.123. The van der Waals surface area contributed by atoms with Crippen molar-refractivity contribution < 1.29 is 9.53 Å². The summed E-state index contributed by atoms with van der Waals surface area (Å²) in [5.74, 6) is 0.775. The summed E-state index contributed by atoms with van der Waals surface area (Å²) in [6.45, 7) is 3.90. The minimum atomic E-state index is -0.521. The third kappa shape index (κ3) is 4.29. The average molecular weight is 366 g/mol. The van der Waals surface area contributed by atoms with Crippen molar-refractivity contribution in [1.29, 1.82) is 0 Å². The van der Waals surface area contributed by atoms with Gasteiger partial charge in [0.05, 0.1) is 12.8 Å². The summed E-state index contributed by atoms with van der Waals surface area (Å²) in [7, 11) is 1.64. The number of nitrogens with one attached hydrogen (secondary N) is 1. The van der Waals surface area contributed by atoms with Crippen molar-refractivity contribution in [1.82, 2.24) is 4.98 Å². The Hall–Kier alpha value is -2.66. The minimum absolute atomic E-state index is 0.0306. The Kier molecular flexibility index (Phi) is 5.38. The summed E-state index contributed by atoms with van der Waals surface area (Å²) in [6.07, 6.45) is 0.677. The van der Waals surface area contributed by atoms with E-state index in [4.69, 9.17) is 4.74 Å². The minimum Gasteiger partial charge on any atom is -0.497 e. The number of aromatic nitrogens is 1. The molecule has 4 nitrogen and oxygen atoms in total. The molecule has 0 atom stereocenters. The molecule has 0 spiro atoms. The van der Waals surface area contributed by atoms with Crippen molar-refractivity contribution in [3.8, 4) is 17.0 Å². The fourth-order valence-corrected chi connectivity index (χ4v) is 3.39. The normalized spacial score (nSPS) is 11.2. The Labute approximate surface area is 157 Å². The van der Waals surface area contributed by atoms with Gasteiger partial charge in [-0.1, -0.05) is 44.2 Å². The van der Waals surface area contributed by atoms with Gasteiger partial charge in [0.2, 0.25) is 5.91 Å². The van der Waals surface area contributed by atoms with E-state index in [1.54, 1.807) is 7.11 Å². The molecule has 1 aromatic heterocycles. The van der Waals surface area contributed by atoms with Gasteiger partial charge in [-0.25, -0.2) is 4.98 Å². The Bertz CT molecular complexity index is 871.